The molecule has 0 saturated heterocycles. The zero-order chi connectivity index (χ0) is 14.7. The molecular formula is C15H20N6. The fourth-order valence-electron chi connectivity index (χ4n) is 2.47. The van der Waals surface area contributed by atoms with Crippen LogP contribution in [0.15, 0.2) is 30.5 Å². The number of nitrogens with one attached hydrogen (secondary N) is 1. The van der Waals surface area contributed by atoms with Crippen molar-refractivity contribution in [3.63, 3.8) is 0 Å². The van der Waals surface area contributed by atoms with Crippen molar-refractivity contribution in [3.05, 3.63) is 36.0 Å². The van der Waals surface area contributed by atoms with Crippen molar-refractivity contribution in [1.82, 2.24) is 20.1 Å². The minimum Gasteiger partial charge on any atom is -0.352 e. The second-order valence-electron chi connectivity index (χ2n) is 5.40. The largest absolute Gasteiger partial charge is 0.352 e. The lowest BCUT2D eigenvalue weighted by atomic mass is 10.2. The molecule has 21 heavy (non-hydrogen) atoms. The van der Waals surface area contributed by atoms with Crippen LogP contribution in [0.4, 0.5) is 17.5 Å². The van der Waals surface area contributed by atoms with Gasteiger partial charge >= 0.3 is 0 Å². The Kier molecular flexibility index (Phi) is 3.96. The number of hydrogen-bond donors (Lipinski definition) is 1. The summed E-state index contributed by atoms with van der Waals surface area (Å²) >= 11 is 0. The minimum absolute atomic E-state index is 0.582. The standard InChI is InChI=1S/C15H20N6/c1-20(2)10-8-16-15-18-14(11-17-19-15)21-9-7-12-5-3-4-6-13(12)21/h3-6,11H,7-10H2,1-2H3,(H,16,18,19). The number of aromatic nitrogens is 3. The van der Waals surface area contributed by atoms with Crippen molar-refractivity contribution in [1.29, 1.82) is 0 Å². The van der Waals surface area contributed by atoms with Gasteiger partial charge in [0, 0.05) is 25.3 Å². The molecule has 6 heteroatoms. The van der Waals surface area contributed by atoms with E-state index in [0.717, 1.165) is 31.9 Å². The molecule has 0 bridgehead atoms. The number of nitrogens with zero attached hydrogens (tertiary/aromatic N) is 5. The highest BCUT2D eigenvalue weighted by molar-refractivity contribution is 5.67. The molecular weight excluding hydrogens is 264 g/mol. The third kappa shape index (κ3) is 3.11. The molecule has 1 aromatic heterocycles. The molecule has 0 aliphatic carbocycles. The molecule has 110 valence electrons. The topological polar surface area (TPSA) is 57.2 Å². The Morgan fingerprint density at radius 2 is 2.14 bits per heavy atom. The molecule has 1 aliphatic rings. The van der Waals surface area contributed by atoms with Crippen LogP contribution < -0.4 is 10.2 Å². The summed E-state index contributed by atoms with van der Waals surface area (Å²) in [5.74, 6) is 1.43. The van der Waals surface area contributed by atoms with Gasteiger partial charge in [0.25, 0.3) is 0 Å². The van der Waals surface area contributed by atoms with E-state index in [0.29, 0.717) is 5.95 Å². The Balaban J connectivity index is 1.75. The Labute approximate surface area is 124 Å². The van der Waals surface area contributed by atoms with Crippen LogP contribution in [0.2, 0.25) is 0 Å². The smallest absolute Gasteiger partial charge is 0.244 e. The lowest BCUT2D eigenvalue weighted by Crippen LogP contribution is -2.22. The van der Waals surface area contributed by atoms with Crippen molar-refractivity contribution in [2.45, 2.75) is 6.42 Å². The molecule has 1 aliphatic heterocycles. The van der Waals surface area contributed by atoms with E-state index in [9.17, 15) is 0 Å². The summed E-state index contributed by atoms with van der Waals surface area (Å²) in [6.07, 6.45) is 2.77. The van der Waals surface area contributed by atoms with Gasteiger partial charge in [-0.15, -0.1) is 5.10 Å². The molecule has 0 fully saturated rings. The third-order valence-corrected chi connectivity index (χ3v) is 3.55. The fourth-order valence-corrected chi connectivity index (χ4v) is 2.47. The number of likely N-dealkylation sites (N-methyl/N-ethyl adjacent to an activating group) is 1. The second-order valence-corrected chi connectivity index (χ2v) is 5.40. The first kappa shape index (κ1) is 13.8. The Morgan fingerprint density at radius 1 is 1.29 bits per heavy atom. The summed E-state index contributed by atoms with van der Waals surface area (Å²) in [6, 6.07) is 8.43. The summed E-state index contributed by atoms with van der Waals surface area (Å²) in [5.41, 5.74) is 2.58. The lowest BCUT2D eigenvalue weighted by molar-refractivity contribution is 0.425. The van der Waals surface area contributed by atoms with Gasteiger partial charge < -0.3 is 15.1 Å². The summed E-state index contributed by atoms with van der Waals surface area (Å²) in [6.45, 7) is 2.67. The molecule has 2 aromatic rings. The van der Waals surface area contributed by atoms with E-state index in [1.54, 1.807) is 6.20 Å². The number of rotatable bonds is 5. The summed E-state index contributed by atoms with van der Waals surface area (Å²) < 4.78 is 0. The Hall–Kier alpha value is -2.21. The van der Waals surface area contributed by atoms with Crippen LogP contribution in [0.5, 0.6) is 0 Å². The van der Waals surface area contributed by atoms with Crippen molar-refractivity contribution < 1.29 is 0 Å². The first-order valence-corrected chi connectivity index (χ1v) is 7.18. The van der Waals surface area contributed by atoms with Crippen LogP contribution in [0.1, 0.15) is 5.56 Å². The van der Waals surface area contributed by atoms with Crippen molar-refractivity contribution in [2.24, 2.45) is 0 Å². The van der Waals surface area contributed by atoms with Gasteiger partial charge in [-0.05, 0) is 32.1 Å². The molecule has 0 unspecified atom stereocenters. The molecule has 6 nitrogen and oxygen atoms in total. The number of benzene rings is 1. The van der Waals surface area contributed by atoms with Crippen LogP contribution >= 0.6 is 0 Å². The molecule has 0 saturated carbocycles. The molecule has 0 radical (unpaired) electrons. The highest BCUT2D eigenvalue weighted by Crippen LogP contribution is 2.32. The van der Waals surface area contributed by atoms with Crippen LogP contribution in [-0.2, 0) is 6.42 Å². The molecule has 1 N–H and O–H groups in total. The highest BCUT2D eigenvalue weighted by Gasteiger charge is 2.21. The SMILES string of the molecule is CN(C)CCNc1nncc(N2CCc3ccccc32)n1. The molecule has 3 rings (SSSR count). The van der Waals surface area contributed by atoms with Gasteiger partial charge in [-0.3, -0.25) is 0 Å². The molecule has 2 heterocycles. The van der Waals surface area contributed by atoms with Crippen LogP contribution in [0, 0.1) is 0 Å². The monoisotopic (exact) mass is 284 g/mol. The molecule has 0 atom stereocenters. The number of fused-ring (bicyclic) bond motifs is 1. The first-order chi connectivity index (χ1) is 10.2. The zero-order valence-electron chi connectivity index (χ0n) is 12.5. The van der Waals surface area contributed by atoms with E-state index in [1.165, 1.54) is 11.3 Å². The van der Waals surface area contributed by atoms with Gasteiger partial charge in [0.15, 0.2) is 5.82 Å². The maximum Gasteiger partial charge on any atom is 0.244 e. The quantitative estimate of drug-likeness (QED) is 0.899. The van der Waals surface area contributed by atoms with Crippen molar-refractivity contribution >= 4 is 17.5 Å². The average Bonchev–Trinajstić information content (AvgIpc) is 2.91. The first-order valence-electron chi connectivity index (χ1n) is 7.18. The van der Waals surface area contributed by atoms with Gasteiger partial charge in [0.2, 0.25) is 5.95 Å². The predicted molar refractivity (Wildman–Crippen MR) is 84.0 cm³/mol. The van der Waals surface area contributed by atoms with Crippen molar-refractivity contribution in [3.8, 4) is 0 Å². The zero-order valence-corrected chi connectivity index (χ0v) is 12.5. The van der Waals surface area contributed by atoms with Crippen molar-refractivity contribution in [2.75, 3.05) is 43.9 Å². The predicted octanol–water partition coefficient (Wildman–Crippen LogP) is 1.54. The van der Waals surface area contributed by atoms with E-state index in [1.807, 2.05) is 14.1 Å². The van der Waals surface area contributed by atoms with E-state index < -0.39 is 0 Å². The Morgan fingerprint density at radius 3 is 3.00 bits per heavy atom. The molecule has 1 aromatic carbocycles. The summed E-state index contributed by atoms with van der Waals surface area (Å²) in [4.78, 5) is 8.88. The second kappa shape index (κ2) is 6.05. The number of anilines is 3. The van der Waals surface area contributed by atoms with E-state index in [4.69, 9.17) is 0 Å². The van der Waals surface area contributed by atoms with Gasteiger partial charge in [-0.2, -0.15) is 10.1 Å². The Bertz CT molecular complexity index is 613. The number of hydrogen-bond acceptors (Lipinski definition) is 6. The van der Waals surface area contributed by atoms with Gasteiger partial charge in [0.05, 0.1) is 6.20 Å². The van der Waals surface area contributed by atoms with Gasteiger partial charge in [-0.1, -0.05) is 18.2 Å². The van der Waals surface area contributed by atoms with Crippen LogP contribution in [0.3, 0.4) is 0 Å². The van der Waals surface area contributed by atoms with Gasteiger partial charge in [0.1, 0.15) is 0 Å². The average molecular weight is 284 g/mol. The fraction of sp³-hybridized carbons (Fsp3) is 0.400. The van der Waals surface area contributed by atoms with Crippen LogP contribution in [-0.4, -0.2) is 53.8 Å². The third-order valence-electron chi connectivity index (χ3n) is 3.55. The summed E-state index contributed by atoms with van der Waals surface area (Å²) in [5, 5.41) is 11.3. The molecule has 0 spiro atoms. The maximum absolute atomic E-state index is 4.57. The lowest BCUT2D eigenvalue weighted by Gasteiger charge is -2.18. The normalized spacial score (nSPS) is 13.6. The van der Waals surface area contributed by atoms with E-state index in [-0.39, 0.29) is 0 Å². The van der Waals surface area contributed by atoms with E-state index >= 15 is 0 Å². The highest BCUT2D eigenvalue weighted by atomic mass is 15.3. The van der Waals surface area contributed by atoms with Crippen LogP contribution in [0.25, 0.3) is 0 Å². The summed E-state index contributed by atoms with van der Waals surface area (Å²) in [7, 11) is 4.08. The number of para-hydroxylation sites is 1. The van der Waals surface area contributed by atoms with Gasteiger partial charge in [-0.25, -0.2) is 0 Å². The maximum atomic E-state index is 4.57. The molecule has 0 amide bonds. The minimum atomic E-state index is 0.582. The van der Waals surface area contributed by atoms with E-state index in [2.05, 4.69) is 54.6 Å².